The van der Waals surface area contributed by atoms with E-state index in [1.54, 1.807) is 35.1 Å². The third kappa shape index (κ3) is 4.97. The fourth-order valence-corrected chi connectivity index (χ4v) is 3.47. The van der Waals surface area contributed by atoms with Gasteiger partial charge in [0, 0.05) is 11.6 Å². The van der Waals surface area contributed by atoms with Gasteiger partial charge in [-0.1, -0.05) is 42.5 Å². The Morgan fingerprint density at radius 2 is 1.70 bits per heavy atom. The van der Waals surface area contributed by atoms with Crippen molar-refractivity contribution >= 4 is 28.3 Å². The van der Waals surface area contributed by atoms with E-state index in [4.69, 9.17) is 4.98 Å². The third-order valence-electron chi connectivity index (χ3n) is 5.02. The highest BCUT2D eigenvalue weighted by molar-refractivity contribution is 6.13. The number of carbonyl (C=O) groups is 1. The van der Waals surface area contributed by atoms with Crippen LogP contribution in [0.1, 0.15) is 30.2 Å². The molecule has 2 heterocycles. The molecule has 2 aromatic heterocycles. The van der Waals surface area contributed by atoms with Crippen LogP contribution >= 0.6 is 0 Å². The normalized spacial score (nSPS) is 11.7. The van der Waals surface area contributed by atoms with Gasteiger partial charge in [-0.15, -0.1) is 0 Å². The SMILES string of the molecule is CC(C)n1ncc2c(C(=O)Nc3ccccc3NCC(F)(F)F)cc(-c3ccccc3)nc21. The first-order valence-electron chi connectivity index (χ1n) is 10.4. The van der Waals surface area contributed by atoms with E-state index in [-0.39, 0.29) is 17.4 Å². The van der Waals surface area contributed by atoms with E-state index < -0.39 is 18.6 Å². The van der Waals surface area contributed by atoms with Gasteiger partial charge in [0.1, 0.15) is 6.54 Å². The fraction of sp³-hybridized carbons (Fsp3) is 0.208. The number of benzene rings is 2. The Morgan fingerprint density at radius 1 is 1.03 bits per heavy atom. The zero-order chi connectivity index (χ0) is 23.6. The standard InChI is InChI=1S/C24H22F3N5O/c1-15(2)32-22-18(13-29-32)17(12-21(30-22)16-8-4-3-5-9-16)23(33)31-20-11-7-6-10-19(20)28-14-24(25,26)27/h3-13,15,28H,14H2,1-2H3,(H,31,33). The minimum Gasteiger partial charge on any atom is -0.375 e. The van der Waals surface area contributed by atoms with Gasteiger partial charge in [0.25, 0.3) is 5.91 Å². The van der Waals surface area contributed by atoms with Crippen LogP contribution in [0.2, 0.25) is 0 Å². The first kappa shape index (κ1) is 22.3. The fourth-order valence-electron chi connectivity index (χ4n) is 3.47. The summed E-state index contributed by atoms with van der Waals surface area (Å²) in [5.41, 5.74) is 2.73. The number of hydrogen-bond acceptors (Lipinski definition) is 4. The summed E-state index contributed by atoms with van der Waals surface area (Å²) in [6.07, 6.45) is -2.80. The predicted octanol–water partition coefficient (Wildman–Crippen LogP) is 5.91. The van der Waals surface area contributed by atoms with Gasteiger partial charge < -0.3 is 10.6 Å². The van der Waals surface area contributed by atoms with Gasteiger partial charge in [0.2, 0.25) is 0 Å². The van der Waals surface area contributed by atoms with E-state index >= 15 is 0 Å². The van der Waals surface area contributed by atoms with E-state index in [9.17, 15) is 18.0 Å². The van der Waals surface area contributed by atoms with Crippen molar-refractivity contribution in [2.45, 2.75) is 26.1 Å². The van der Waals surface area contributed by atoms with Gasteiger partial charge in [-0.2, -0.15) is 18.3 Å². The molecule has 0 bridgehead atoms. The number of halogens is 3. The minimum absolute atomic E-state index is 0.0178. The molecule has 6 nitrogen and oxygen atoms in total. The van der Waals surface area contributed by atoms with Crippen LogP contribution in [-0.4, -0.2) is 33.4 Å². The van der Waals surface area contributed by atoms with Gasteiger partial charge in [0.15, 0.2) is 5.65 Å². The Morgan fingerprint density at radius 3 is 2.36 bits per heavy atom. The Balaban J connectivity index is 1.75. The molecule has 0 spiro atoms. The second kappa shape index (κ2) is 8.93. The quantitative estimate of drug-likeness (QED) is 0.381. The molecular formula is C24H22F3N5O. The van der Waals surface area contributed by atoms with Gasteiger partial charge in [-0.3, -0.25) is 4.79 Å². The number of para-hydroxylation sites is 2. The number of rotatable bonds is 6. The number of nitrogens with one attached hydrogen (secondary N) is 2. The lowest BCUT2D eigenvalue weighted by Crippen LogP contribution is -2.22. The number of aromatic nitrogens is 3. The van der Waals surface area contributed by atoms with Crippen LogP contribution in [0.5, 0.6) is 0 Å². The second-order valence-electron chi connectivity index (χ2n) is 7.81. The first-order chi connectivity index (χ1) is 15.7. The summed E-state index contributed by atoms with van der Waals surface area (Å²) in [7, 11) is 0. The van der Waals surface area contributed by atoms with Crippen molar-refractivity contribution in [1.29, 1.82) is 0 Å². The molecule has 0 aliphatic rings. The molecule has 9 heteroatoms. The first-order valence-corrected chi connectivity index (χ1v) is 10.4. The Kier molecular flexibility index (Phi) is 6.04. The summed E-state index contributed by atoms with van der Waals surface area (Å²) in [6.45, 7) is 2.72. The maximum absolute atomic E-state index is 13.3. The van der Waals surface area contributed by atoms with Gasteiger partial charge >= 0.3 is 6.18 Å². The van der Waals surface area contributed by atoms with E-state index in [1.807, 2.05) is 44.2 Å². The molecule has 0 fully saturated rings. The molecule has 0 unspecified atom stereocenters. The molecule has 0 aliphatic carbocycles. The zero-order valence-corrected chi connectivity index (χ0v) is 18.0. The average Bonchev–Trinajstić information content (AvgIpc) is 3.22. The molecule has 0 atom stereocenters. The Hall–Kier alpha value is -3.88. The molecule has 1 amide bonds. The molecule has 0 saturated heterocycles. The lowest BCUT2D eigenvalue weighted by Gasteiger charge is -2.15. The molecule has 4 aromatic rings. The molecule has 2 N–H and O–H groups in total. The number of alkyl halides is 3. The molecule has 0 aliphatic heterocycles. The lowest BCUT2D eigenvalue weighted by molar-refractivity contribution is -0.115. The number of hydrogen-bond donors (Lipinski definition) is 2. The van der Waals surface area contributed by atoms with Crippen LogP contribution in [0.25, 0.3) is 22.3 Å². The number of amides is 1. The summed E-state index contributed by atoms with van der Waals surface area (Å²) in [6, 6.07) is 17.4. The predicted molar refractivity (Wildman–Crippen MR) is 122 cm³/mol. The minimum atomic E-state index is -4.38. The monoisotopic (exact) mass is 453 g/mol. The molecule has 170 valence electrons. The van der Waals surface area contributed by atoms with Crippen molar-refractivity contribution in [3.63, 3.8) is 0 Å². The number of anilines is 2. The highest BCUT2D eigenvalue weighted by Gasteiger charge is 2.27. The number of fused-ring (bicyclic) bond motifs is 1. The summed E-state index contributed by atoms with van der Waals surface area (Å²) in [4.78, 5) is 18.1. The summed E-state index contributed by atoms with van der Waals surface area (Å²) < 4.78 is 39.8. The second-order valence-corrected chi connectivity index (χ2v) is 7.81. The van der Waals surface area contributed by atoms with Crippen LogP contribution in [0.4, 0.5) is 24.5 Å². The van der Waals surface area contributed by atoms with Crippen LogP contribution in [-0.2, 0) is 0 Å². The van der Waals surface area contributed by atoms with Gasteiger partial charge in [-0.05, 0) is 32.0 Å². The van der Waals surface area contributed by atoms with Crippen molar-refractivity contribution in [3.05, 3.63) is 72.4 Å². The van der Waals surface area contributed by atoms with Gasteiger partial charge in [-0.25, -0.2) is 9.67 Å². The van der Waals surface area contributed by atoms with Crippen molar-refractivity contribution in [1.82, 2.24) is 14.8 Å². The van der Waals surface area contributed by atoms with Crippen LogP contribution < -0.4 is 10.6 Å². The van der Waals surface area contributed by atoms with Crippen molar-refractivity contribution in [2.24, 2.45) is 0 Å². The summed E-state index contributed by atoms with van der Waals surface area (Å²) in [5, 5.41) is 10.0. The highest BCUT2D eigenvalue weighted by Crippen LogP contribution is 2.29. The average molecular weight is 453 g/mol. The molecule has 2 aromatic carbocycles. The van der Waals surface area contributed by atoms with E-state index in [0.717, 1.165) is 5.56 Å². The topological polar surface area (TPSA) is 71.8 Å². The molecule has 33 heavy (non-hydrogen) atoms. The van der Waals surface area contributed by atoms with Crippen LogP contribution in [0, 0.1) is 0 Å². The Bertz CT molecular complexity index is 1280. The highest BCUT2D eigenvalue weighted by atomic mass is 19.4. The summed E-state index contributed by atoms with van der Waals surface area (Å²) in [5.74, 6) is -0.468. The molecule has 0 radical (unpaired) electrons. The van der Waals surface area contributed by atoms with E-state index in [0.29, 0.717) is 22.3 Å². The number of nitrogens with zero attached hydrogens (tertiary/aromatic N) is 3. The van der Waals surface area contributed by atoms with Crippen molar-refractivity contribution < 1.29 is 18.0 Å². The van der Waals surface area contributed by atoms with E-state index in [1.165, 1.54) is 6.07 Å². The maximum atomic E-state index is 13.3. The van der Waals surface area contributed by atoms with Crippen LogP contribution in [0.15, 0.2) is 66.9 Å². The Labute approximate surface area is 188 Å². The third-order valence-corrected chi connectivity index (χ3v) is 5.02. The van der Waals surface area contributed by atoms with Crippen molar-refractivity contribution in [3.8, 4) is 11.3 Å². The maximum Gasteiger partial charge on any atom is 0.405 e. The lowest BCUT2D eigenvalue weighted by atomic mass is 10.1. The number of pyridine rings is 1. The van der Waals surface area contributed by atoms with E-state index in [2.05, 4.69) is 15.7 Å². The molecular weight excluding hydrogens is 431 g/mol. The number of carbonyl (C=O) groups excluding carboxylic acids is 1. The largest absolute Gasteiger partial charge is 0.405 e. The molecule has 4 rings (SSSR count). The molecule has 0 saturated carbocycles. The smallest absolute Gasteiger partial charge is 0.375 e. The summed E-state index contributed by atoms with van der Waals surface area (Å²) >= 11 is 0. The zero-order valence-electron chi connectivity index (χ0n) is 18.0. The van der Waals surface area contributed by atoms with Crippen LogP contribution in [0.3, 0.4) is 0 Å². The van der Waals surface area contributed by atoms with Gasteiger partial charge in [0.05, 0.1) is 34.2 Å². The van der Waals surface area contributed by atoms with Crippen molar-refractivity contribution in [2.75, 3.05) is 17.2 Å².